The number of ketones is 1. The first-order valence-electron chi connectivity index (χ1n) is 6.10. The molecule has 3 nitrogen and oxygen atoms in total. The smallest absolute Gasteiger partial charge is 0.149 e. The average molecular weight is 212 g/mol. The fourth-order valence-corrected chi connectivity index (χ4v) is 2.25. The van der Waals surface area contributed by atoms with Crippen LogP contribution in [0.1, 0.15) is 32.1 Å². The van der Waals surface area contributed by atoms with Gasteiger partial charge in [-0.25, -0.2) is 0 Å². The lowest BCUT2D eigenvalue weighted by Gasteiger charge is -2.17. The minimum atomic E-state index is 0.372. The van der Waals surface area contributed by atoms with Crippen molar-refractivity contribution in [3.05, 3.63) is 0 Å². The summed E-state index contributed by atoms with van der Waals surface area (Å²) in [5, 5.41) is 3.12. The van der Waals surface area contributed by atoms with Crippen LogP contribution in [0.25, 0.3) is 0 Å². The SMILES string of the molecule is CNCCCN(C)CC(=O)C1CCCC1. The number of Topliss-reactive ketones (excluding diaryl/α,β-unsaturated/α-hetero) is 1. The lowest BCUT2D eigenvalue weighted by atomic mass is 10.0. The average Bonchev–Trinajstić information content (AvgIpc) is 2.70. The second-order valence-corrected chi connectivity index (χ2v) is 4.64. The van der Waals surface area contributed by atoms with E-state index in [9.17, 15) is 4.79 Å². The Bertz CT molecular complexity index is 188. The fourth-order valence-electron chi connectivity index (χ4n) is 2.25. The summed E-state index contributed by atoms with van der Waals surface area (Å²) in [5.74, 6) is 0.830. The molecule has 0 saturated heterocycles. The lowest BCUT2D eigenvalue weighted by molar-refractivity contribution is -0.123. The van der Waals surface area contributed by atoms with Crippen molar-refractivity contribution in [2.45, 2.75) is 32.1 Å². The summed E-state index contributed by atoms with van der Waals surface area (Å²) in [4.78, 5) is 14.0. The van der Waals surface area contributed by atoms with Gasteiger partial charge in [-0.3, -0.25) is 9.69 Å². The molecule has 1 aliphatic rings. The van der Waals surface area contributed by atoms with Crippen LogP contribution >= 0.6 is 0 Å². The van der Waals surface area contributed by atoms with Crippen molar-refractivity contribution in [2.75, 3.05) is 33.7 Å². The first-order valence-corrected chi connectivity index (χ1v) is 6.10. The van der Waals surface area contributed by atoms with Crippen LogP contribution in [-0.2, 0) is 4.79 Å². The number of hydrogen-bond donors (Lipinski definition) is 1. The molecule has 0 amide bonds. The molecule has 1 aliphatic carbocycles. The molecule has 0 aromatic carbocycles. The van der Waals surface area contributed by atoms with Gasteiger partial charge in [-0.15, -0.1) is 0 Å². The molecule has 0 atom stereocenters. The lowest BCUT2D eigenvalue weighted by Crippen LogP contribution is -2.31. The first kappa shape index (κ1) is 12.7. The molecular weight excluding hydrogens is 188 g/mol. The number of nitrogens with zero attached hydrogens (tertiary/aromatic N) is 1. The molecule has 1 saturated carbocycles. The monoisotopic (exact) mass is 212 g/mol. The molecule has 3 heteroatoms. The minimum absolute atomic E-state index is 0.372. The second-order valence-electron chi connectivity index (χ2n) is 4.64. The van der Waals surface area contributed by atoms with E-state index in [1.54, 1.807) is 0 Å². The van der Waals surface area contributed by atoms with Gasteiger partial charge in [0.1, 0.15) is 5.78 Å². The highest BCUT2D eigenvalue weighted by molar-refractivity contribution is 5.83. The van der Waals surface area contributed by atoms with Crippen LogP contribution in [0, 0.1) is 5.92 Å². The molecule has 15 heavy (non-hydrogen) atoms. The van der Waals surface area contributed by atoms with Crippen molar-refractivity contribution in [1.29, 1.82) is 0 Å². The minimum Gasteiger partial charge on any atom is -0.320 e. The molecule has 0 aromatic rings. The summed E-state index contributed by atoms with van der Waals surface area (Å²) in [7, 11) is 4.01. The van der Waals surface area contributed by atoms with Crippen LogP contribution in [-0.4, -0.2) is 44.4 Å². The van der Waals surface area contributed by atoms with Gasteiger partial charge in [0.2, 0.25) is 0 Å². The Balaban J connectivity index is 2.13. The molecule has 1 rings (SSSR count). The molecule has 88 valence electrons. The zero-order chi connectivity index (χ0) is 11.1. The van der Waals surface area contributed by atoms with Gasteiger partial charge in [0.05, 0.1) is 6.54 Å². The highest BCUT2D eigenvalue weighted by atomic mass is 16.1. The predicted molar refractivity (Wildman–Crippen MR) is 63.0 cm³/mol. The van der Waals surface area contributed by atoms with Crippen LogP contribution in [0.5, 0.6) is 0 Å². The van der Waals surface area contributed by atoms with Gasteiger partial charge >= 0.3 is 0 Å². The highest BCUT2D eigenvalue weighted by Gasteiger charge is 2.22. The molecule has 1 N–H and O–H groups in total. The number of likely N-dealkylation sites (N-methyl/N-ethyl adjacent to an activating group) is 1. The molecule has 0 unspecified atom stereocenters. The van der Waals surface area contributed by atoms with Crippen LogP contribution in [0.3, 0.4) is 0 Å². The maximum absolute atomic E-state index is 11.8. The van der Waals surface area contributed by atoms with Crippen molar-refractivity contribution in [1.82, 2.24) is 10.2 Å². The summed E-state index contributed by atoms with van der Waals surface area (Å²) in [5.41, 5.74) is 0. The third-order valence-corrected chi connectivity index (χ3v) is 3.20. The van der Waals surface area contributed by atoms with Gasteiger partial charge in [-0.05, 0) is 46.4 Å². The van der Waals surface area contributed by atoms with Crippen LogP contribution in [0.4, 0.5) is 0 Å². The van der Waals surface area contributed by atoms with Gasteiger partial charge in [-0.2, -0.15) is 0 Å². The van der Waals surface area contributed by atoms with Crippen molar-refractivity contribution in [3.8, 4) is 0 Å². The summed E-state index contributed by atoms with van der Waals surface area (Å²) in [6, 6.07) is 0. The van der Waals surface area contributed by atoms with Gasteiger partial charge < -0.3 is 5.32 Å². The Morgan fingerprint density at radius 1 is 1.40 bits per heavy atom. The topological polar surface area (TPSA) is 32.3 Å². The highest BCUT2D eigenvalue weighted by Crippen LogP contribution is 2.25. The molecule has 0 aliphatic heterocycles. The Morgan fingerprint density at radius 2 is 2.07 bits per heavy atom. The van der Waals surface area contributed by atoms with E-state index in [0.717, 1.165) is 32.4 Å². The summed E-state index contributed by atoms with van der Waals surface area (Å²) in [6.07, 6.45) is 5.87. The third-order valence-electron chi connectivity index (χ3n) is 3.20. The van der Waals surface area contributed by atoms with E-state index in [4.69, 9.17) is 0 Å². The van der Waals surface area contributed by atoms with Gasteiger partial charge in [0.25, 0.3) is 0 Å². The Kier molecular flexibility index (Phi) is 5.88. The molecular formula is C12H24N2O. The van der Waals surface area contributed by atoms with Crippen LogP contribution in [0.15, 0.2) is 0 Å². The maximum Gasteiger partial charge on any atom is 0.149 e. The van der Waals surface area contributed by atoms with Gasteiger partial charge in [-0.1, -0.05) is 12.8 Å². The zero-order valence-electron chi connectivity index (χ0n) is 10.1. The Hall–Kier alpha value is -0.410. The number of carbonyl (C=O) groups is 1. The zero-order valence-corrected chi connectivity index (χ0v) is 10.1. The second kappa shape index (κ2) is 6.96. The van der Waals surface area contributed by atoms with E-state index in [1.807, 2.05) is 14.1 Å². The summed E-state index contributed by atoms with van der Waals surface area (Å²) < 4.78 is 0. The third kappa shape index (κ3) is 4.76. The fraction of sp³-hybridized carbons (Fsp3) is 0.917. The maximum atomic E-state index is 11.8. The molecule has 0 heterocycles. The van der Waals surface area contributed by atoms with Crippen molar-refractivity contribution >= 4 is 5.78 Å². The Morgan fingerprint density at radius 3 is 2.67 bits per heavy atom. The van der Waals surface area contributed by atoms with Crippen molar-refractivity contribution in [2.24, 2.45) is 5.92 Å². The standard InChI is InChI=1S/C12H24N2O/c1-13-8-5-9-14(2)10-12(15)11-6-3-4-7-11/h11,13H,3-10H2,1-2H3. The molecule has 0 bridgehead atoms. The first-order chi connectivity index (χ1) is 7.24. The van der Waals surface area contributed by atoms with E-state index in [-0.39, 0.29) is 0 Å². The van der Waals surface area contributed by atoms with E-state index in [2.05, 4.69) is 10.2 Å². The molecule has 0 spiro atoms. The largest absolute Gasteiger partial charge is 0.320 e. The number of rotatable bonds is 7. The Labute approximate surface area is 93.2 Å². The molecule has 1 fully saturated rings. The summed E-state index contributed by atoms with van der Waals surface area (Å²) in [6.45, 7) is 2.69. The molecule has 0 radical (unpaired) electrons. The van der Waals surface area contributed by atoms with Crippen molar-refractivity contribution < 1.29 is 4.79 Å². The van der Waals surface area contributed by atoms with E-state index in [1.165, 1.54) is 12.8 Å². The van der Waals surface area contributed by atoms with Gasteiger partial charge in [0.15, 0.2) is 0 Å². The molecule has 0 aromatic heterocycles. The summed E-state index contributed by atoms with van der Waals surface area (Å²) >= 11 is 0. The van der Waals surface area contributed by atoms with Gasteiger partial charge in [0, 0.05) is 5.92 Å². The van der Waals surface area contributed by atoms with E-state index < -0.39 is 0 Å². The van der Waals surface area contributed by atoms with Crippen LogP contribution < -0.4 is 5.32 Å². The number of nitrogens with one attached hydrogen (secondary N) is 1. The normalized spacial score (nSPS) is 17.5. The number of hydrogen-bond acceptors (Lipinski definition) is 3. The van der Waals surface area contributed by atoms with Crippen molar-refractivity contribution in [3.63, 3.8) is 0 Å². The van der Waals surface area contributed by atoms with E-state index in [0.29, 0.717) is 18.2 Å². The number of carbonyl (C=O) groups excluding carboxylic acids is 1. The van der Waals surface area contributed by atoms with Crippen LogP contribution in [0.2, 0.25) is 0 Å². The van der Waals surface area contributed by atoms with E-state index >= 15 is 0 Å². The predicted octanol–water partition coefficient (Wildman–Crippen LogP) is 1.29. The quantitative estimate of drug-likeness (QED) is 0.645.